The van der Waals surface area contributed by atoms with E-state index in [0.717, 1.165) is 12.8 Å². The Morgan fingerprint density at radius 1 is 0.680 bits per heavy atom. The van der Waals surface area contributed by atoms with Crippen molar-refractivity contribution < 1.29 is 9.46 Å². The third-order valence-corrected chi connectivity index (χ3v) is 7.00. The first-order valence-corrected chi connectivity index (χ1v) is 12.4. The zero-order chi connectivity index (χ0) is 18.2. The maximum atomic E-state index is 12.3. The van der Waals surface area contributed by atoms with Gasteiger partial charge < -0.3 is 4.89 Å². The molecule has 0 amide bonds. The lowest BCUT2D eigenvalue weighted by atomic mass is 10.0. The van der Waals surface area contributed by atoms with Crippen molar-refractivity contribution in [2.75, 3.05) is 6.16 Å². The summed E-state index contributed by atoms with van der Waals surface area (Å²) in [6.07, 6.45) is 18.7. The van der Waals surface area contributed by atoms with Gasteiger partial charge in [0.1, 0.15) is 0 Å². The van der Waals surface area contributed by atoms with E-state index in [1.165, 1.54) is 77.0 Å². The standard InChI is InChI=1S/C22H39O2P/c1-2-3-4-5-6-7-8-9-10-11-12-13-14-18-21-25(23,24)22-19-16-15-17-20-22/h15-17,19-20H,2-14,18,21H2,1H3,(H,23,24). The molecule has 1 aromatic carbocycles. The highest BCUT2D eigenvalue weighted by molar-refractivity contribution is 7.66. The van der Waals surface area contributed by atoms with Crippen LogP contribution in [-0.4, -0.2) is 11.1 Å². The SMILES string of the molecule is CCCCCCCCCCCCCCCCP(=O)(O)c1ccccc1. The van der Waals surface area contributed by atoms with Crippen LogP contribution in [0.3, 0.4) is 0 Å². The third-order valence-electron chi connectivity index (χ3n) is 4.97. The van der Waals surface area contributed by atoms with Gasteiger partial charge in [-0.3, -0.25) is 4.57 Å². The molecular formula is C22H39O2P. The van der Waals surface area contributed by atoms with Crippen molar-refractivity contribution in [1.29, 1.82) is 0 Å². The summed E-state index contributed by atoms with van der Waals surface area (Å²) in [6.45, 7) is 2.27. The van der Waals surface area contributed by atoms with Crippen molar-refractivity contribution in [2.45, 2.75) is 96.8 Å². The molecule has 1 rings (SSSR count). The summed E-state index contributed by atoms with van der Waals surface area (Å²) in [4.78, 5) is 10.1. The second kappa shape index (κ2) is 14.6. The summed E-state index contributed by atoms with van der Waals surface area (Å²) in [7, 11) is -3.13. The van der Waals surface area contributed by atoms with Crippen LogP contribution in [0.25, 0.3) is 0 Å². The van der Waals surface area contributed by atoms with Gasteiger partial charge in [-0.25, -0.2) is 0 Å². The Morgan fingerprint density at radius 2 is 1.08 bits per heavy atom. The van der Waals surface area contributed by atoms with E-state index < -0.39 is 7.37 Å². The van der Waals surface area contributed by atoms with Crippen LogP contribution in [0.4, 0.5) is 0 Å². The van der Waals surface area contributed by atoms with Gasteiger partial charge in [-0.1, -0.05) is 109 Å². The molecule has 0 aliphatic heterocycles. The summed E-state index contributed by atoms with van der Waals surface area (Å²) in [5.41, 5.74) is 0. The quantitative estimate of drug-likeness (QED) is 0.251. The molecule has 0 saturated heterocycles. The Balaban J connectivity index is 1.88. The molecular weight excluding hydrogens is 327 g/mol. The monoisotopic (exact) mass is 366 g/mol. The van der Waals surface area contributed by atoms with Crippen molar-refractivity contribution >= 4 is 12.7 Å². The van der Waals surface area contributed by atoms with Gasteiger partial charge in [0.05, 0.1) is 0 Å². The van der Waals surface area contributed by atoms with Crippen LogP contribution in [0, 0.1) is 0 Å². The van der Waals surface area contributed by atoms with Gasteiger partial charge in [-0.15, -0.1) is 0 Å². The van der Waals surface area contributed by atoms with Crippen molar-refractivity contribution in [3.63, 3.8) is 0 Å². The summed E-state index contributed by atoms with van der Waals surface area (Å²) < 4.78 is 12.3. The van der Waals surface area contributed by atoms with Gasteiger partial charge in [-0.05, 0) is 18.6 Å². The largest absolute Gasteiger partial charge is 0.341 e. The first kappa shape index (κ1) is 22.5. The maximum Gasteiger partial charge on any atom is 0.229 e. The van der Waals surface area contributed by atoms with Crippen LogP contribution in [-0.2, 0) is 4.57 Å². The minimum Gasteiger partial charge on any atom is -0.341 e. The van der Waals surface area contributed by atoms with Crippen LogP contribution in [0.1, 0.15) is 96.8 Å². The van der Waals surface area contributed by atoms with E-state index in [1.54, 1.807) is 12.1 Å². The summed E-state index contributed by atoms with van der Waals surface area (Å²) in [5, 5.41) is 0.602. The zero-order valence-electron chi connectivity index (χ0n) is 16.3. The lowest BCUT2D eigenvalue weighted by Gasteiger charge is -2.11. The first-order valence-electron chi connectivity index (χ1n) is 10.5. The molecule has 1 aromatic rings. The highest BCUT2D eigenvalue weighted by Gasteiger charge is 2.19. The van der Waals surface area contributed by atoms with E-state index in [-0.39, 0.29) is 0 Å². The first-order chi connectivity index (χ1) is 12.2. The minimum atomic E-state index is -3.13. The van der Waals surface area contributed by atoms with Crippen molar-refractivity contribution in [2.24, 2.45) is 0 Å². The molecule has 0 saturated carbocycles. The van der Waals surface area contributed by atoms with Gasteiger partial charge in [0, 0.05) is 11.5 Å². The normalized spacial score (nSPS) is 13.7. The molecule has 1 N–H and O–H groups in total. The van der Waals surface area contributed by atoms with Crippen molar-refractivity contribution in [3.05, 3.63) is 30.3 Å². The average Bonchev–Trinajstić information content (AvgIpc) is 2.63. The number of hydrogen-bond acceptors (Lipinski definition) is 1. The zero-order valence-corrected chi connectivity index (χ0v) is 17.2. The molecule has 0 spiro atoms. The summed E-state index contributed by atoms with van der Waals surface area (Å²) in [5.74, 6) is 0. The Bertz CT molecular complexity index is 458. The van der Waals surface area contributed by atoms with E-state index >= 15 is 0 Å². The fourth-order valence-corrected chi connectivity index (χ4v) is 4.86. The minimum absolute atomic E-state index is 0.426. The van der Waals surface area contributed by atoms with Gasteiger partial charge in [-0.2, -0.15) is 0 Å². The third kappa shape index (κ3) is 11.6. The molecule has 1 unspecified atom stereocenters. The van der Waals surface area contributed by atoms with Gasteiger partial charge >= 0.3 is 0 Å². The second-order valence-corrected chi connectivity index (χ2v) is 9.72. The molecule has 144 valence electrons. The fraction of sp³-hybridized carbons (Fsp3) is 0.727. The summed E-state index contributed by atoms with van der Waals surface area (Å²) in [6, 6.07) is 9.10. The molecule has 2 nitrogen and oxygen atoms in total. The van der Waals surface area contributed by atoms with Crippen LogP contribution < -0.4 is 5.30 Å². The molecule has 0 radical (unpaired) electrons. The van der Waals surface area contributed by atoms with E-state index in [9.17, 15) is 9.46 Å². The van der Waals surface area contributed by atoms with Gasteiger partial charge in [0.15, 0.2) is 0 Å². The molecule has 0 bridgehead atoms. The number of benzene rings is 1. The van der Waals surface area contributed by atoms with Crippen LogP contribution in [0.15, 0.2) is 30.3 Å². The van der Waals surface area contributed by atoms with E-state index in [2.05, 4.69) is 6.92 Å². The van der Waals surface area contributed by atoms with Crippen LogP contribution in [0.2, 0.25) is 0 Å². The highest BCUT2D eigenvalue weighted by atomic mass is 31.2. The van der Waals surface area contributed by atoms with Crippen molar-refractivity contribution in [1.82, 2.24) is 0 Å². The molecule has 0 fully saturated rings. The second-order valence-electron chi connectivity index (χ2n) is 7.36. The van der Waals surface area contributed by atoms with E-state index in [4.69, 9.17) is 0 Å². The Hall–Kier alpha value is -0.590. The topological polar surface area (TPSA) is 37.3 Å². The number of hydrogen-bond donors (Lipinski definition) is 1. The predicted octanol–water partition coefficient (Wildman–Crippen LogP) is 7.06. The highest BCUT2D eigenvalue weighted by Crippen LogP contribution is 2.40. The number of unbranched alkanes of at least 4 members (excludes halogenated alkanes) is 13. The molecule has 3 heteroatoms. The van der Waals surface area contributed by atoms with Gasteiger partial charge in [0.2, 0.25) is 7.37 Å². The molecule has 1 atom stereocenters. The molecule has 0 aromatic heterocycles. The molecule has 0 aliphatic carbocycles. The van der Waals surface area contributed by atoms with Crippen LogP contribution in [0.5, 0.6) is 0 Å². The smallest absolute Gasteiger partial charge is 0.229 e. The Kier molecular flexibility index (Phi) is 13.1. The Morgan fingerprint density at radius 3 is 1.52 bits per heavy atom. The lowest BCUT2D eigenvalue weighted by Crippen LogP contribution is -2.06. The summed E-state index contributed by atoms with van der Waals surface area (Å²) >= 11 is 0. The predicted molar refractivity (Wildman–Crippen MR) is 111 cm³/mol. The van der Waals surface area contributed by atoms with Gasteiger partial charge in [0.25, 0.3) is 0 Å². The molecule has 0 heterocycles. The maximum absolute atomic E-state index is 12.3. The molecule has 25 heavy (non-hydrogen) atoms. The molecule has 0 aliphatic rings. The fourth-order valence-electron chi connectivity index (χ4n) is 3.31. The average molecular weight is 367 g/mol. The van der Waals surface area contributed by atoms with E-state index in [0.29, 0.717) is 11.5 Å². The van der Waals surface area contributed by atoms with E-state index in [1.807, 2.05) is 18.2 Å². The number of rotatable bonds is 16. The lowest BCUT2D eigenvalue weighted by molar-refractivity contribution is 0.484. The van der Waals surface area contributed by atoms with Crippen LogP contribution >= 0.6 is 7.37 Å². The van der Waals surface area contributed by atoms with Crippen molar-refractivity contribution in [3.8, 4) is 0 Å². The Labute approximate surface area is 155 Å².